The van der Waals surface area contributed by atoms with Gasteiger partial charge in [-0.3, -0.25) is 0 Å². The zero-order valence-corrected chi connectivity index (χ0v) is 10.5. The molecule has 13 heavy (non-hydrogen) atoms. The minimum atomic E-state index is 0.770. The molecule has 0 aromatic carbocycles. The number of hydrogen-bond acceptors (Lipinski definition) is 2. The van der Waals surface area contributed by atoms with E-state index in [0.29, 0.717) is 0 Å². The lowest BCUT2D eigenvalue weighted by Gasteiger charge is -2.00. The predicted molar refractivity (Wildman–Crippen MR) is 63.7 cm³/mol. The lowest BCUT2D eigenvalue weighted by molar-refractivity contribution is 0.647. The SMILES string of the molecule is ClCCCCNCc1cc(Br)cs1. The van der Waals surface area contributed by atoms with Gasteiger partial charge in [0.05, 0.1) is 0 Å². The lowest BCUT2D eigenvalue weighted by atomic mass is 10.3. The van der Waals surface area contributed by atoms with Crippen molar-refractivity contribution in [2.24, 2.45) is 0 Å². The van der Waals surface area contributed by atoms with Crippen molar-refractivity contribution in [2.45, 2.75) is 19.4 Å². The van der Waals surface area contributed by atoms with Gasteiger partial charge in [-0.2, -0.15) is 0 Å². The lowest BCUT2D eigenvalue weighted by Crippen LogP contribution is -2.13. The molecule has 0 fully saturated rings. The number of rotatable bonds is 6. The van der Waals surface area contributed by atoms with Gasteiger partial charge in [0.1, 0.15) is 0 Å². The quantitative estimate of drug-likeness (QED) is 0.621. The maximum atomic E-state index is 5.57. The summed E-state index contributed by atoms with van der Waals surface area (Å²) in [7, 11) is 0. The van der Waals surface area contributed by atoms with E-state index < -0.39 is 0 Å². The van der Waals surface area contributed by atoms with E-state index >= 15 is 0 Å². The molecule has 0 saturated heterocycles. The first-order valence-electron chi connectivity index (χ1n) is 4.32. The molecule has 0 atom stereocenters. The summed E-state index contributed by atoms with van der Waals surface area (Å²) in [5.41, 5.74) is 0. The van der Waals surface area contributed by atoms with E-state index in [0.717, 1.165) is 31.8 Å². The fourth-order valence-electron chi connectivity index (χ4n) is 1.00. The molecule has 1 N–H and O–H groups in total. The molecule has 0 radical (unpaired) electrons. The van der Waals surface area contributed by atoms with E-state index in [2.05, 4.69) is 32.7 Å². The highest BCUT2D eigenvalue weighted by molar-refractivity contribution is 9.10. The van der Waals surface area contributed by atoms with Crippen LogP contribution in [0.4, 0.5) is 0 Å². The standard InChI is InChI=1S/C9H13BrClNS/c10-8-5-9(13-7-8)6-12-4-2-1-3-11/h5,7,12H,1-4,6H2. The van der Waals surface area contributed by atoms with Gasteiger partial charge in [-0.1, -0.05) is 0 Å². The summed E-state index contributed by atoms with van der Waals surface area (Å²) in [6, 6.07) is 2.15. The number of unbranched alkanes of at least 4 members (excludes halogenated alkanes) is 1. The molecule has 0 saturated carbocycles. The van der Waals surface area contributed by atoms with Crippen LogP contribution in [0.25, 0.3) is 0 Å². The highest BCUT2D eigenvalue weighted by Gasteiger charge is 1.95. The molecule has 0 unspecified atom stereocenters. The molecule has 4 heteroatoms. The van der Waals surface area contributed by atoms with Gasteiger partial charge in [0.2, 0.25) is 0 Å². The topological polar surface area (TPSA) is 12.0 Å². The Morgan fingerprint density at radius 3 is 2.92 bits per heavy atom. The minimum Gasteiger partial charge on any atom is -0.312 e. The van der Waals surface area contributed by atoms with E-state index in [4.69, 9.17) is 11.6 Å². The van der Waals surface area contributed by atoms with E-state index in [1.807, 2.05) is 0 Å². The summed E-state index contributed by atoms with van der Waals surface area (Å²) in [5.74, 6) is 0.770. The van der Waals surface area contributed by atoms with Gasteiger partial charge in [-0.25, -0.2) is 0 Å². The monoisotopic (exact) mass is 281 g/mol. The highest BCUT2D eigenvalue weighted by atomic mass is 79.9. The molecule has 0 aliphatic carbocycles. The number of thiophene rings is 1. The molecule has 0 aliphatic rings. The molecular weight excluding hydrogens is 270 g/mol. The molecule has 0 aliphatic heterocycles. The van der Waals surface area contributed by atoms with Crippen molar-refractivity contribution in [3.63, 3.8) is 0 Å². The van der Waals surface area contributed by atoms with Gasteiger partial charge in [0, 0.05) is 27.2 Å². The molecule has 1 rings (SSSR count). The van der Waals surface area contributed by atoms with Crippen LogP contribution < -0.4 is 5.32 Å². The van der Waals surface area contributed by atoms with Crippen LogP contribution in [-0.4, -0.2) is 12.4 Å². The predicted octanol–water partition coefficient (Wildman–Crippen LogP) is 3.62. The number of alkyl halides is 1. The second-order valence-corrected chi connectivity index (χ2v) is 5.09. The van der Waals surface area contributed by atoms with Crippen molar-refractivity contribution >= 4 is 38.9 Å². The molecule has 1 aromatic rings. The van der Waals surface area contributed by atoms with Crippen LogP contribution in [0.2, 0.25) is 0 Å². The largest absolute Gasteiger partial charge is 0.312 e. The summed E-state index contributed by atoms with van der Waals surface area (Å²) in [6.07, 6.45) is 2.26. The average molecular weight is 283 g/mol. The minimum absolute atomic E-state index is 0.770. The first-order valence-corrected chi connectivity index (χ1v) is 6.53. The van der Waals surface area contributed by atoms with Gasteiger partial charge in [0.15, 0.2) is 0 Å². The number of hydrogen-bond donors (Lipinski definition) is 1. The van der Waals surface area contributed by atoms with Crippen LogP contribution in [-0.2, 0) is 6.54 Å². The Labute approximate surface area is 96.6 Å². The van der Waals surface area contributed by atoms with Crippen LogP contribution in [0.15, 0.2) is 15.9 Å². The third kappa shape index (κ3) is 5.01. The molecule has 1 nitrogen and oxygen atoms in total. The Hall–Kier alpha value is 0.430. The Balaban J connectivity index is 2.06. The Morgan fingerprint density at radius 2 is 2.31 bits per heavy atom. The Morgan fingerprint density at radius 1 is 1.46 bits per heavy atom. The molecule has 0 bridgehead atoms. The van der Waals surface area contributed by atoms with Gasteiger partial charge in [-0.05, 0) is 41.4 Å². The summed E-state index contributed by atoms with van der Waals surface area (Å²) < 4.78 is 1.18. The van der Waals surface area contributed by atoms with E-state index in [9.17, 15) is 0 Å². The molecule has 1 heterocycles. The Kier molecular flexibility index (Phi) is 6.04. The van der Waals surface area contributed by atoms with Crippen molar-refractivity contribution in [1.82, 2.24) is 5.32 Å². The van der Waals surface area contributed by atoms with Crippen molar-refractivity contribution in [2.75, 3.05) is 12.4 Å². The molecule has 74 valence electrons. The van der Waals surface area contributed by atoms with Gasteiger partial charge < -0.3 is 5.32 Å². The summed E-state index contributed by atoms with van der Waals surface area (Å²) >= 11 is 10.8. The van der Waals surface area contributed by atoms with Crippen molar-refractivity contribution < 1.29 is 0 Å². The van der Waals surface area contributed by atoms with E-state index in [1.54, 1.807) is 11.3 Å². The smallest absolute Gasteiger partial charge is 0.0300 e. The van der Waals surface area contributed by atoms with Crippen LogP contribution in [0.5, 0.6) is 0 Å². The molecule has 0 spiro atoms. The van der Waals surface area contributed by atoms with Crippen LogP contribution in [0.1, 0.15) is 17.7 Å². The average Bonchev–Trinajstić information content (AvgIpc) is 2.51. The van der Waals surface area contributed by atoms with Crippen LogP contribution in [0.3, 0.4) is 0 Å². The first kappa shape index (κ1) is 11.5. The van der Waals surface area contributed by atoms with Gasteiger partial charge in [-0.15, -0.1) is 22.9 Å². The van der Waals surface area contributed by atoms with Crippen molar-refractivity contribution in [1.29, 1.82) is 0 Å². The number of nitrogens with one attached hydrogen (secondary N) is 1. The maximum absolute atomic E-state index is 5.57. The van der Waals surface area contributed by atoms with Crippen molar-refractivity contribution in [3.05, 3.63) is 20.8 Å². The number of halogens is 2. The van der Waals surface area contributed by atoms with Crippen LogP contribution in [0, 0.1) is 0 Å². The third-order valence-corrected chi connectivity index (χ3v) is 3.62. The summed E-state index contributed by atoms with van der Waals surface area (Å²) in [5, 5.41) is 5.49. The second kappa shape index (κ2) is 6.82. The molecular formula is C9H13BrClNS. The van der Waals surface area contributed by atoms with E-state index in [-0.39, 0.29) is 0 Å². The Bertz CT molecular complexity index is 239. The molecule has 1 aromatic heterocycles. The summed E-state index contributed by atoms with van der Waals surface area (Å²) in [6.45, 7) is 2.03. The second-order valence-electron chi connectivity index (χ2n) is 2.80. The maximum Gasteiger partial charge on any atom is 0.0300 e. The fourth-order valence-corrected chi connectivity index (χ4v) is 2.61. The zero-order chi connectivity index (χ0) is 9.52. The van der Waals surface area contributed by atoms with Gasteiger partial charge >= 0.3 is 0 Å². The first-order chi connectivity index (χ1) is 6.33. The third-order valence-electron chi connectivity index (χ3n) is 1.66. The fraction of sp³-hybridized carbons (Fsp3) is 0.556. The zero-order valence-electron chi connectivity index (χ0n) is 7.35. The molecule has 0 amide bonds. The van der Waals surface area contributed by atoms with Crippen LogP contribution >= 0.6 is 38.9 Å². The van der Waals surface area contributed by atoms with Crippen molar-refractivity contribution in [3.8, 4) is 0 Å². The van der Waals surface area contributed by atoms with Gasteiger partial charge in [0.25, 0.3) is 0 Å². The summed E-state index contributed by atoms with van der Waals surface area (Å²) in [4.78, 5) is 1.37. The normalized spacial score (nSPS) is 10.6. The van der Waals surface area contributed by atoms with E-state index in [1.165, 1.54) is 9.35 Å². The highest BCUT2D eigenvalue weighted by Crippen LogP contribution is 2.19.